The first-order valence-electron chi connectivity index (χ1n) is 6.79. The molecule has 0 saturated heterocycles. The summed E-state index contributed by atoms with van der Waals surface area (Å²) >= 11 is 0. The van der Waals surface area contributed by atoms with Crippen LogP contribution in [0.5, 0.6) is 5.75 Å². The third kappa shape index (κ3) is 3.47. The minimum atomic E-state index is 0.142. The lowest BCUT2D eigenvalue weighted by Crippen LogP contribution is -2.21. The van der Waals surface area contributed by atoms with Crippen LogP contribution in [0.15, 0.2) is 18.2 Å². The second-order valence-corrected chi connectivity index (χ2v) is 5.25. The summed E-state index contributed by atoms with van der Waals surface area (Å²) in [6.45, 7) is 0.574. The number of nitrogens with zero attached hydrogens (tertiary/aromatic N) is 1. The summed E-state index contributed by atoms with van der Waals surface area (Å²) in [5.74, 6) is 1.02. The molecule has 4 heteroatoms. The summed E-state index contributed by atoms with van der Waals surface area (Å²) in [7, 11) is 3.54. The second kappa shape index (κ2) is 6.06. The van der Waals surface area contributed by atoms with Gasteiger partial charge in [0.2, 0.25) is 5.91 Å². The third-order valence-corrected chi connectivity index (χ3v) is 3.54. The van der Waals surface area contributed by atoms with Gasteiger partial charge in [-0.2, -0.15) is 0 Å². The molecule has 0 radical (unpaired) electrons. The van der Waals surface area contributed by atoms with Gasteiger partial charge in [-0.1, -0.05) is 6.07 Å². The van der Waals surface area contributed by atoms with Gasteiger partial charge in [0.25, 0.3) is 0 Å². The molecule has 1 aliphatic carbocycles. The van der Waals surface area contributed by atoms with Crippen molar-refractivity contribution in [1.82, 2.24) is 4.90 Å². The van der Waals surface area contributed by atoms with Gasteiger partial charge in [0.15, 0.2) is 0 Å². The first-order chi connectivity index (χ1) is 9.08. The highest BCUT2D eigenvalue weighted by Gasteiger charge is 2.18. The van der Waals surface area contributed by atoms with Crippen LogP contribution in [-0.2, 0) is 11.2 Å². The van der Waals surface area contributed by atoms with Gasteiger partial charge in [0, 0.05) is 26.6 Å². The van der Waals surface area contributed by atoms with E-state index in [4.69, 9.17) is 10.5 Å². The predicted octanol–water partition coefficient (Wildman–Crippen LogP) is 1.88. The molecule has 0 spiro atoms. The number of hydrogen-bond donors (Lipinski definition) is 1. The van der Waals surface area contributed by atoms with Gasteiger partial charge in [0.05, 0.1) is 6.61 Å². The van der Waals surface area contributed by atoms with Gasteiger partial charge in [-0.15, -0.1) is 0 Å². The zero-order valence-corrected chi connectivity index (χ0v) is 11.7. The Kier molecular flexibility index (Phi) is 4.43. The van der Waals surface area contributed by atoms with E-state index in [0.717, 1.165) is 25.0 Å². The smallest absolute Gasteiger partial charge is 0.222 e. The highest BCUT2D eigenvalue weighted by Crippen LogP contribution is 2.31. The molecule has 1 aromatic rings. The Balaban J connectivity index is 1.80. The van der Waals surface area contributed by atoms with E-state index in [-0.39, 0.29) is 11.9 Å². The predicted molar refractivity (Wildman–Crippen MR) is 75.1 cm³/mol. The number of rotatable bonds is 5. The number of amides is 1. The lowest BCUT2D eigenvalue weighted by atomic mass is 10.1. The van der Waals surface area contributed by atoms with Crippen LogP contribution in [-0.4, -0.2) is 31.5 Å². The van der Waals surface area contributed by atoms with Gasteiger partial charge < -0.3 is 15.4 Å². The van der Waals surface area contributed by atoms with Crippen LogP contribution in [0.2, 0.25) is 0 Å². The van der Waals surface area contributed by atoms with Gasteiger partial charge in [-0.05, 0) is 42.5 Å². The van der Waals surface area contributed by atoms with Crippen LogP contribution in [0.4, 0.5) is 0 Å². The minimum Gasteiger partial charge on any atom is -0.494 e. The fourth-order valence-corrected chi connectivity index (χ4v) is 2.35. The van der Waals surface area contributed by atoms with E-state index in [9.17, 15) is 4.79 Å². The van der Waals surface area contributed by atoms with Crippen LogP contribution >= 0.6 is 0 Å². The second-order valence-electron chi connectivity index (χ2n) is 5.25. The lowest BCUT2D eigenvalue weighted by molar-refractivity contribution is -0.128. The molecule has 0 bridgehead atoms. The summed E-state index contributed by atoms with van der Waals surface area (Å²) in [5, 5.41) is 0. The van der Waals surface area contributed by atoms with Crippen molar-refractivity contribution in [2.75, 3.05) is 20.7 Å². The summed E-state index contributed by atoms with van der Waals surface area (Å²) < 4.78 is 5.69. The summed E-state index contributed by atoms with van der Waals surface area (Å²) in [6.07, 6.45) is 3.33. The quantitative estimate of drug-likeness (QED) is 0.824. The van der Waals surface area contributed by atoms with Crippen LogP contribution in [0.3, 0.4) is 0 Å². The van der Waals surface area contributed by atoms with E-state index in [1.54, 1.807) is 19.0 Å². The van der Waals surface area contributed by atoms with E-state index in [0.29, 0.717) is 13.0 Å². The number of carbonyl (C=O) groups excluding carboxylic acids is 1. The average Bonchev–Trinajstić information content (AvgIpc) is 2.75. The molecule has 1 atom stereocenters. The molecule has 0 aliphatic heterocycles. The molecular weight excluding hydrogens is 240 g/mol. The lowest BCUT2D eigenvalue weighted by Gasteiger charge is -2.11. The third-order valence-electron chi connectivity index (χ3n) is 3.54. The van der Waals surface area contributed by atoms with Crippen molar-refractivity contribution in [3.05, 3.63) is 29.3 Å². The topological polar surface area (TPSA) is 55.6 Å². The maximum Gasteiger partial charge on any atom is 0.222 e. The Morgan fingerprint density at radius 2 is 2.26 bits per heavy atom. The highest BCUT2D eigenvalue weighted by molar-refractivity contribution is 5.75. The van der Waals surface area contributed by atoms with E-state index in [1.165, 1.54) is 11.1 Å². The summed E-state index contributed by atoms with van der Waals surface area (Å²) in [5.41, 5.74) is 8.54. The normalized spacial score (nSPS) is 17.1. The van der Waals surface area contributed by atoms with Crippen LogP contribution in [0.1, 0.15) is 36.4 Å². The molecule has 0 aromatic heterocycles. The minimum absolute atomic E-state index is 0.142. The number of aryl methyl sites for hydroxylation is 1. The molecule has 2 rings (SSSR count). The van der Waals surface area contributed by atoms with Gasteiger partial charge in [-0.3, -0.25) is 4.79 Å². The first-order valence-corrected chi connectivity index (χ1v) is 6.79. The largest absolute Gasteiger partial charge is 0.494 e. The SMILES string of the molecule is CN(C)C(=O)CCCOc1ccc2c(c1)CC[C@H]2N. The molecule has 1 aromatic carbocycles. The Bertz CT molecular complexity index is 457. The van der Waals surface area contributed by atoms with Crippen LogP contribution < -0.4 is 10.5 Å². The average molecular weight is 262 g/mol. The number of hydrogen-bond acceptors (Lipinski definition) is 3. The fraction of sp³-hybridized carbons (Fsp3) is 0.533. The maximum atomic E-state index is 11.4. The zero-order valence-electron chi connectivity index (χ0n) is 11.7. The van der Waals surface area contributed by atoms with Crippen molar-refractivity contribution in [2.24, 2.45) is 5.73 Å². The number of carbonyl (C=O) groups is 1. The van der Waals surface area contributed by atoms with E-state index in [1.807, 2.05) is 6.07 Å². The van der Waals surface area contributed by atoms with E-state index >= 15 is 0 Å². The van der Waals surface area contributed by atoms with Crippen LogP contribution in [0.25, 0.3) is 0 Å². The molecule has 4 nitrogen and oxygen atoms in total. The zero-order chi connectivity index (χ0) is 13.8. The van der Waals surface area contributed by atoms with E-state index in [2.05, 4.69) is 12.1 Å². The van der Waals surface area contributed by atoms with Crippen molar-refractivity contribution in [3.63, 3.8) is 0 Å². The summed E-state index contributed by atoms with van der Waals surface area (Å²) in [6, 6.07) is 6.29. The Hall–Kier alpha value is -1.55. The van der Waals surface area contributed by atoms with E-state index < -0.39 is 0 Å². The van der Waals surface area contributed by atoms with Crippen LogP contribution in [0, 0.1) is 0 Å². The number of benzene rings is 1. The number of nitrogens with two attached hydrogens (primary N) is 1. The van der Waals surface area contributed by atoms with Crippen molar-refractivity contribution < 1.29 is 9.53 Å². The summed E-state index contributed by atoms with van der Waals surface area (Å²) in [4.78, 5) is 13.0. The fourth-order valence-electron chi connectivity index (χ4n) is 2.35. The molecule has 0 heterocycles. The van der Waals surface area contributed by atoms with Gasteiger partial charge >= 0.3 is 0 Å². The molecule has 104 valence electrons. The van der Waals surface area contributed by atoms with Crippen molar-refractivity contribution >= 4 is 5.91 Å². The Morgan fingerprint density at radius 1 is 1.47 bits per heavy atom. The Labute approximate surface area is 114 Å². The van der Waals surface area contributed by atoms with Crippen molar-refractivity contribution in [2.45, 2.75) is 31.7 Å². The van der Waals surface area contributed by atoms with Gasteiger partial charge in [-0.25, -0.2) is 0 Å². The molecule has 1 amide bonds. The molecule has 19 heavy (non-hydrogen) atoms. The molecule has 1 aliphatic rings. The molecule has 0 unspecified atom stereocenters. The first kappa shape index (κ1) is 13.9. The molecular formula is C15H22N2O2. The molecule has 2 N–H and O–H groups in total. The van der Waals surface area contributed by atoms with Crippen molar-refractivity contribution in [1.29, 1.82) is 0 Å². The standard InChI is InChI=1S/C15H22N2O2/c1-17(2)15(18)4-3-9-19-12-6-7-13-11(10-12)5-8-14(13)16/h6-7,10,14H,3-5,8-9,16H2,1-2H3/t14-/m1/s1. The molecule has 0 fully saturated rings. The van der Waals surface area contributed by atoms with Gasteiger partial charge in [0.1, 0.15) is 5.75 Å². The highest BCUT2D eigenvalue weighted by atomic mass is 16.5. The molecule has 0 saturated carbocycles. The maximum absolute atomic E-state index is 11.4. The number of fused-ring (bicyclic) bond motifs is 1. The number of ether oxygens (including phenoxy) is 1. The monoisotopic (exact) mass is 262 g/mol. The van der Waals surface area contributed by atoms with Crippen molar-refractivity contribution in [3.8, 4) is 5.75 Å². The Morgan fingerprint density at radius 3 is 3.00 bits per heavy atom.